The third-order valence-corrected chi connectivity index (χ3v) is 5.34. The molecule has 2 aromatic rings. The van der Waals surface area contributed by atoms with E-state index in [1.54, 1.807) is 11.0 Å². The van der Waals surface area contributed by atoms with E-state index < -0.39 is 9.84 Å². The fourth-order valence-corrected chi connectivity index (χ4v) is 3.77. The molecular formula is C17H18ClNO4S. The van der Waals surface area contributed by atoms with Gasteiger partial charge in [-0.3, -0.25) is 4.79 Å². The molecule has 0 spiro atoms. The third-order valence-electron chi connectivity index (χ3n) is 4.15. The van der Waals surface area contributed by atoms with Crippen molar-refractivity contribution in [3.05, 3.63) is 52.7 Å². The average molecular weight is 368 g/mol. The number of hydrogen-bond acceptors (Lipinski definition) is 4. The fraction of sp³-hybridized carbons (Fsp3) is 0.353. The van der Waals surface area contributed by atoms with E-state index in [-0.39, 0.29) is 22.8 Å². The number of furan rings is 1. The lowest BCUT2D eigenvalue weighted by atomic mass is 9.95. The first-order valence-corrected chi connectivity index (χ1v) is 9.99. The highest BCUT2D eigenvalue weighted by molar-refractivity contribution is 7.90. The van der Waals surface area contributed by atoms with Gasteiger partial charge in [0.25, 0.3) is 5.91 Å². The topological polar surface area (TPSA) is 67.6 Å². The molecule has 0 aliphatic carbocycles. The first kappa shape index (κ1) is 17.0. The lowest BCUT2D eigenvalue weighted by Gasteiger charge is -2.35. The Kier molecular flexibility index (Phi) is 4.69. The van der Waals surface area contributed by atoms with Crippen molar-refractivity contribution in [2.24, 2.45) is 0 Å². The van der Waals surface area contributed by atoms with Crippen LogP contribution < -0.4 is 0 Å². The Bertz CT molecular complexity index is 859. The van der Waals surface area contributed by atoms with Crippen LogP contribution in [0.15, 0.2) is 45.9 Å². The molecule has 7 heteroatoms. The first-order chi connectivity index (χ1) is 11.4. The summed E-state index contributed by atoms with van der Waals surface area (Å²) in [4.78, 5) is 14.5. The molecule has 0 saturated carbocycles. The van der Waals surface area contributed by atoms with Gasteiger partial charge in [0.1, 0.15) is 0 Å². The number of amides is 1. The van der Waals surface area contributed by atoms with E-state index in [0.717, 1.165) is 31.1 Å². The summed E-state index contributed by atoms with van der Waals surface area (Å²) in [6, 6.07) is 10.1. The maximum absolute atomic E-state index is 12.8. The fourth-order valence-electron chi connectivity index (χ4n) is 3.01. The minimum Gasteiger partial charge on any atom is -0.440 e. The van der Waals surface area contributed by atoms with Crippen molar-refractivity contribution >= 4 is 27.3 Å². The van der Waals surface area contributed by atoms with Crippen molar-refractivity contribution in [2.45, 2.75) is 30.4 Å². The molecule has 1 aromatic carbocycles. The molecule has 1 saturated heterocycles. The van der Waals surface area contributed by atoms with Crippen molar-refractivity contribution in [3.8, 4) is 0 Å². The van der Waals surface area contributed by atoms with Gasteiger partial charge in [0, 0.05) is 17.8 Å². The van der Waals surface area contributed by atoms with Gasteiger partial charge in [-0.15, -0.1) is 0 Å². The molecule has 1 amide bonds. The lowest BCUT2D eigenvalue weighted by Crippen LogP contribution is -2.38. The maximum Gasteiger partial charge on any atom is 0.290 e. The molecule has 5 nitrogen and oxygen atoms in total. The Morgan fingerprint density at radius 1 is 1.25 bits per heavy atom. The zero-order valence-electron chi connectivity index (χ0n) is 13.2. The SMILES string of the molecule is CS(=O)(=O)c1ccc(C(=O)N2CCCCC2c2cccc(Cl)c2)o1. The molecule has 1 fully saturated rings. The van der Waals surface area contributed by atoms with Gasteiger partial charge in [-0.1, -0.05) is 23.7 Å². The van der Waals surface area contributed by atoms with Crippen LogP contribution in [0.1, 0.15) is 41.4 Å². The lowest BCUT2D eigenvalue weighted by molar-refractivity contribution is 0.0573. The average Bonchev–Trinajstić information content (AvgIpc) is 3.04. The molecule has 2 heterocycles. The quantitative estimate of drug-likeness (QED) is 0.829. The van der Waals surface area contributed by atoms with Crippen LogP contribution in [0.4, 0.5) is 0 Å². The smallest absolute Gasteiger partial charge is 0.290 e. The van der Waals surface area contributed by atoms with E-state index in [1.807, 2.05) is 18.2 Å². The predicted molar refractivity (Wildman–Crippen MR) is 90.9 cm³/mol. The minimum atomic E-state index is -3.47. The van der Waals surface area contributed by atoms with Crippen molar-refractivity contribution < 1.29 is 17.6 Å². The normalized spacial score (nSPS) is 18.6. The van der Waals surface area contributed by atoms with Crippen LogP contribution >= 0.6 is 11.6 Å². The Morgan fingerprint density at radius 2 is 2.04 bits per heavy atom. The summed E-state index contributed by atoms with van der Waals surface area (Å²) in [5.41, 5.74) is 0.977. The molecule has 1 aliphatic rings. The highest BCUT2D eigenvalue weighted by Crippen LogP contribution is 2.33. The van der Waals surface area contributed by atoms with E-state index >= 15 is 0 Å². The first-order valence-electron chi connectivity index (χ1n) is 7.72. The van der Waals surface area contributed by atoms with E-state index in [2.05, 4.69) is 0 Å². The van der Waals surface area contributed by atoms with Crippen molar-refractivity contribution in [1.82, 2.24) is 4.90 Å². The summed E-state index contributed by atoms with van der Waals surface area (Å²) in [7, 11) is -3.47. The Balaban J connectivity index is 1.90. The Labute approximate surface area is 146 Å². The van der Waals surface area contributed by atoms with Crippen LogP contribution in [0.25, 0.3) is 0 Å². The summed E-state index contributed by atoms with van der Waals surface area (Å²) >= 11 is 6.07. The van der Waals surface area contributed by atoms with Crippen molar-refractivity contribution in [1.29, 1.82) is 0 Å². The second kappa shape index (κ2) is 6.61. The molecule has 1 aromatic heterocycles. The summed E-state index contributed by atoms with van der Waals surface area (Å²) in [5, 5.41) is 0.435. The van der Waals surface area contributed by atoms with Crippen LogP contribution in [-0.4, -0.2) is 32.0 Å². The van der Waals surface area contributed by atoms with Gasteiger partial charge >= 0.3 is 0 Å². The molecule has 0 N–H and O–H groups in total. The van der Waals surface area contributed by atoms with Crippen LogP contribution in [0.5, 0.6) is 0 Å². The number of piperidine rings is 1. The molecule has 0 bridgehead atoms. The Morgan fingerprint density at radius 3 is 2.71 bits per heavy atom. The van der Waals surface area contributed by atoms with Crippen LogP contribution in [0.3, 0.4) is 0 Å². The number of sulfone groups is 1. The third kappa shape index (κ3) is 3.49. The number of rotatable bonds is 3. The van der Waals surface area contributed by atoms with Crippen LogP contribution in [-0.2, 0) is 9.84 Å². The largest absolute Gasteiger partial charge is 0.440 e. The van der Waals surface area contributed by atoms with Gasteiger partial charge in [0.05, 0.1) is 6.04 Å². The van der Waals surface area contributed by atoms with Gasteiger partial charge in [0.2, 0.25) is 14.9 Å². The van der Waals surface area contributed by atoms with Gasteiger partial charge in [-0.2, -0.15) is 0 Å². The predicted octanol–water partition coefficient (Wildman–Crippen LogP) is 3.70. The standard InChI is InChI=1S/C17H18ClNO4S/c1-24(21,22)16-9-8-15(23-16)17(20)19-10-3-2-7-14(19)12-5-4-6-13(18)11-12/h4-6,8-9,11,14H,2-3,7,10H2,1H3. The number of halogens is 1. The van der Waals surface area contributed by atoms with E-state index in [1.165, 1.54) is 12.1 Å². The molecule has 1 aliphatic heterocycles. The molecule has 1 unspecified atom stereocenters. The highest BCUT2D eigenvalue weighted by Gasteiger charge is 2.31. The molecule has 128 valence electrons. The van der Waals surface area contributed by atoms with Gasteiger partial charge < -0.3 is 9.32 Å². The van der Waals surface area contributed by atoms with E-state index in [0.29, 0.717) is 11.6 Å². The number of benzene rings is 1. The number of hydrogen-bond donors (Lipinski definition) is 0. The summed E-state index contributed by atoms with van der Waals surface area (Å²) in [6.45, 7) is 0.602. The number of nitrogens with zero attached hydrogens (tertiary/aromatic N) is 1. The summed E-state index contributed by atoms with van der Waals surface area (Å²) < 4.78 is 28.3. The molecular weight excluding hydrogens is 350 g/mol. The Hall–Kier alpha value is -1.79. The molecule has 24 heavy (non-hydrogen) atoms. The molecule has 0 radical (unpaired) electrons. The summed E-state index contributed by atoms with van der Waals surface area (Å²) in [6.07, 6.45) is 3.82. The van der Waals surface area contributed by atoms with Crippen LogP contribution in [0.2, 0.25) is 5.02 Å². The van der Waals surface area contributed by atoms with Gasteiger partial charge in [-0.25, -0.2) is 8.42 Å². The monoisotopic (exact) mass is 367 g/mol. The molecule has 3 rings (SSSR count). The molecule has 1 atom stereocenters. The van der Waals surface area contributed by atoms with Crippen molar-refractivity contribution in [3.63, 3.8) is 0 Å². The summed E-state index contributed by atoms with van der Waals surface area (Å²) in [5.74, 6) is -0.251. The minimum absolute atomic E-state index is 0.0457. The number of likely N-dealkylation sites (tertiary alicyclic amines) is 1. The van der Waals surface area contributed by atoms with E-state index in [4.69, 9.17) is 16.0 Å². The second-order valence-electron chi connectivity index (χ2n) is 5.96. The highest BCUT2D eigenvalue weighted by atomic mass is 35.5. The van der Waals surface area contributed by atoms with Crippen LogP contribution in [0, 0.1) is 0 Å². The van der Waals surface area contributed by atoms with Crippen molar-refractivity contribution in [2.75, 3.05) is 12.8 Å². The zero-order valence-corrected chi connectivity index (χ0v) is 14.8. The van der Waals surface area contributed by atoms with Gasteiger partial charge in [-0.05, 0) is 49.1 Å². The zero-order chi connectivity index (χ0) is 17.3. The number of carbonyl (C=O) groups excluding carboxylic acids is 1. The number of carbonyl (C=O) groups is 1. The van der Waals surface area contributed by atoms with E-state index in [9.17, 15) is 13.2 Å². The second-order valence-corrected chi connectivity index (χ2v) is 8.34. The maximum atomic E-state index is 12.8. The van der Waals surface area contributed by atoms with Gasteiger partial charge in [0.15, 0.2) is 5.76 Å².